The number of hydrogen-bond donors (Lipinski definition) is 1. The molecule has 0 aliphatic heterocycles. The molecule has 2 aromatic rings. The first-order valence-electron chi connectivity index (χ1n) is 4.08. The first kappa shape index (κ1) is 9.67. The molecule has 0 atom stereocenters. The summed E-state index contributed by atoms with van der Waals surface area (Å²) in [5.74, 6) is 0.803. The van der Waals surface area contributed by atoms with Crippen LogP contribution in [0.4, 0.5) is 5.82 Å². The number of halogens is 1. The van der Waals surface area contributed by atoms with Crippen LogP contribution in [0.2, 0.25) is 0 Å². The highest BCUT2D eigenvalue weighted by Crippen LogP contribution is 2.22. The molecule has 0 aromatic carbocycles. The van der Waals surface area contributed by atoms with Crippen LogP contribution >= 0.6 is 27.3 Å². The molecule has 1 N–H and O–H groups in total. The van der Waals surface area contributed by atoms with Crippen LogP contribution in [0.1, 0.15) is 4.88 Å². The van der Waals surface area contributed by atoms with Gasteiger partial charge in [0.05, 0.1) is 16.5 Å². The van der Waals surface area contributed by atoms with Gasteiger partial charge in [0.15, 0.2) is 5.82 Å². The molecule has 0 fully saturated rings. The van der Waals surface area contributed by atoms with Gasteiger partial charge in [-0.05, 0) is 28.1 Å². The maximum atomic E-state index is 3.93. The van der Waals surface area contributed by atoms with Crippen molar-refractivity contribution in [2.45, 2.75) is 6.54 Å². The Hall–Kier alpha value is -0.880. The van der Waals surface area contributed by atoms with Crippen molar-refractivity contribution in [1.82, 2.24) is 15.0 Å². The fourth-order valence-corrected chi connectivity index (χ4v) is 2.48. The number of nitrogens with one attached hydrogen (secondary N) is 1. The Morgan fingerprint density at radius 3 is 3.00 bits per heavy atom. The number of aryl methyl sites for hydroxylation is 1. The molecule has 2 aromatic heterocycles. The summed E-state index contributed by atoms with van der Waals surface area (Å²) in [5.41, 5.74) is 0. The number of nitrogens with zero attached hydrogens (tertiary/aromatic N) is 3. The summed E-state index contributed by atoms with van der Waals surface area (Å²) in [5, 5.41) is 11.0. The SMILES string of the molecule is Cn1cc(NCc2ccc(Br)s2)nn1. The molecule has 14 heavy (non-hydrogen) atoms. The van der Waals surface area contributed by atoms with Gasteiger partial charge in [-0.3, -0.25) is 4.68 Å². The van der Waals surface area contributed by atoms with Gasteiger partial charge in [-0.1, -0.05) is 5.21 Å². The molecular formula is C8H9BrN4S. The van der Waals surface area contributed by atoms with Crippen molar-refractivity contribution in [1.29, 1.82) is 0 Å². The van der Waals surface area contributed by atoms with Crippen LogP contribution in [0.25, 0.3) is 0 Å². The lowest BCUT2D eigenvalue weighted by molar-refractivity contribution is 0.715. The quantitative estimate of drug-likeness (QED) is 0.932. The summed E-state index contributed by atoms with van der Waals surface area (Å²) in [6, 6.07) is 4.12. The van der Waals surface area contributed by atoms with Crippen LogP contribution in [0, 0.1) is 0 Å². The van der Waals surface area contributed by atoms with Crippen molar-refractivity contribution in [3.63, 3.8) is 0 Å². The number of hydrogen-bond acceptors (Lipinski definition) is 4. The fourth-order valence-electron chi connectivity index (χ4n) is 1.05. The summed E-state index contributed by atoms with van der Waals surface area (Å²) in [6.45, 7) is 0.787. The predicted molar refractivity (Wildman–Crippen MR) is 60.3 cm³/mol. The summed E-state index contributed by atoms with van der Waals surface area (Å²) < 4.78 is 2.82. The molecule has 0 amide bonds. The van der Waals surface area contributed by atoms with Crippen LogP contribution in [-0.4, -0.2) is 15.0 Å². The standard InChI is InChI=1S/C8H9BrN4S/c1-13-5-8(11-12-13)10-4-6-2-3-7(9)14-6/h2-3,5,10H,4H2,1H3. The first-order chi connectivity index (χ1) is 6.74. The van der Waals surface area contributed by atoms with Gasteiger partial charge in [-0.2, -0.15) is 0 Å². The van der Waals surface area contributed by atoms with Crippen molar-refractivity contribution in [3.05, 3.63) is 27.0 Å². The smallest absolute Gasteiger partial charge is 0.168 e. The van der Waals surface area contributed by atoms with Gasteiger partial charge in [0, 0.05) is 11.9 Å². The fraction of sp³-hybridized carbons (Fsp3) is 0.250. The van der Waals surface area contributed by atoms with E-state index < -0.39 is 0 Å². The number of thiophene rings is 1. The van der Waals surface area contributed by atoms with Crippen LogP contribution in [-0.2, 0) is 13.6 Å². The Morgan fingerprint density at radius 2 is 2.43 bits per heavy atom. The number of rotatable bonds is 3. The van der Waals surface area contributed by atoms with E-state index in [1.807, 2.05) is 19.3 Å². The summed E-state index contributed by atoms with van der Waals surface area (Å²) in [7, 11) is 1.85. The summed E-state index contributed by atoms with van der Waals surface area (Å²) in [4.78, 5) is 1.27. The highest BCUT2D eigenvalue weighted by atomic mass is 79.9. The Morgan fingerprint density at radius 1 is 1.57 bits per heavy atom. The minimum atomic E-state index is 0.787. The maximum Gasteiger partial charge on any atom is 0.168 e. The van der Waals surface area contributed by atoms with E-state index in [9.17, 15) is 0 Å². The van der Waals surface area contributed by atoms with Gasteiger partial charge in [0.2, 0.25) is 0 Å². The van der Waals surface area contributed by atoms with Gasteiger partial charge in [-0.15, -0.1) is 16.4 Å². The van der Waals surface area contributed by atoms with Crippen LogP contribution < -0.4 is 5.32 Å². The molecule has 0 spiro atoms. The van der Waals surface area contributed by atoms with Gasteiger partial charge in [0.1, 0.15) is 0 Å². The second-order valence-electron chi connectivity index (χ2n) is 2.84. The molecule has 0 radical (unpaired) electrons. The lowest BCUT2D eigenvalue weighted by Gasteiger charge is -1.97. The number of anilines is 1. The molecule has 74 valence electrons. The van der Waals surface area contributed by atoms with E-state index in [1.165, 1.54) is 4.88 Å². The number of aromatic nitrogens is 3. The zero-order valence-electron chi connectivity index (χ0n) is 7.57. The Kier molecular flexibility index (Phi) is 2.83. The third-order valence-corrected chi connectivity index (χ3v) is 3.30. The molecule has 2 heterocycles. The average Bonchev–Trinajstić information content (AvgIpc) is 2.72. The Balaban J connectivity index is 1.94. The van der Waals surface area contributed by atoms with Crippen molar-refractivity contribution in [3.8, 4) is 0 Å². The van der Waals surface area contributed by atoms with Gasteiger partial charge < -0.3 is 5.32 Å². The Labute approximate surface area is 94.1 Å². The molecule has 0 aliphatic rings. The topological polar surface area (TPSA) is 42.7 Å². The minimum absolute atomic E-state index is 0.787. The van der Waals surface area contributed by atoms with Crippen molar-refractivity contribution in [2.75, 3.05) is 5.32 Å². The second kappa shape index (κ2) is 4.10. The molecular weight excluding hydrogens is 264 g/mol. The van der Waals surface area contributed by atoms with Gasteiger partial charge in [-0.25, -0.2) is 0 Å². The monoisotopic (exact) mass is 272 g/mol. The Bertz CT molecular complexity index is 382. The minimum Gasteiger partial charge on any atom is -0.362 e. The average molecular weight is 273 g/mol. The van der Waals surface area contributed by atoms with Gasteiger partial charge >= 0.3 is 0 Å². The summed E-state index contributed by atoms with van der Waals surface area (Å²) >= 11 is 5.13. The van der Waals surface area contributed by atoms with E-state index >= 15 is 0 Å². The van der Waals surface area contributed by atoms with Gasteiger partial charge in [0.25, 0.3) is 0 Å². The van der Waals surface area contributed by atoms with E-state index in [-0.39, 0.29) is 0 Å². The maximum absolute atomic E-state index is 3.93. The third kappa shape index (κ3) is 2.33. The van der Waals surface area contributed by atoms with E-state index in [2.05, 4.69) is 37.6 Å². The van der Waals surface area contributed by atoms with Crippen LogP contribution in [0.3, 0.4) is 0 Å². The third-order valence-electron chi connectivity index (χ3n) is 1.68. The molecule has 0 saturated heterocycles. The predicted octanol–water partition coefficient (Wildman–Crippen LogP) is 2.25. The van der Waals surface area contributed by atoms with E-state index in [0.29, 0.717) is 0 Å². The van der Waals surface area contributed by atoms with E-state index in [0.717, 1.165) is 16.1 Å². The summed E-state index contributed by atoms with van der Waals surface area (Å²) in [6.07, 6.45) is 1.85. The highest BCUT2D eigenvalue weighted by molar-refractivity contribution is 9.11. The normalized spacial score (nSPS) is 10.4. The van der Waals surface area contributed by atoms with Crippen LogP contribution in [0.5, 0.6) is 0 Å². The van der Waals surface area contributed by atoms with Crippen molar-refractivity contribution in [2.24, 2.45) is 7.05 Å². The van der Waals surface area contributed by atoms with E-state index in [1.54, 1.807) is 16.0 Å². The lowest BCUT2D eigenvalue weighted by Crippen LogP contribution is -1.97. The first-order valence-corrected chi connectivity index (χ1v) is 5.69. The zero-order chi connectivity index (χ0) is 9.97. The van der Waals surface area contributed by atoms with E-state index in [4.69, 9.17) is 0 Å². The zero-order valence-corrected chi connectivity index (χ0v) is 9.97. The molecule has 0 saturated carbocycles. The largest absolute Gasteiger partial charge is 0.362 e. The van der Waals surface area contributed by atoms with Crippen molar-refractivity contribution >= 4 is 33.1 Å². The molecule has 6 heteroatoms. The van der Waals surface area contributed by atoms with Crippen molar-refractivity contribution < 1.29 is 0 Å². The van der Waals surface area contributed by atoms with Crippen LogP contribution in [0.15, 0.2) is 22.1 Å². The molecule has 4 nitrogen and oxygen atoms in total. The second-order valence-corrected chi connectivity index (χ2v) is 5.38. The molecule has 0 unspecified atom stereocenters. The highest BCUT2D eigenvalue weighted by Gasteiger charge is 1.99. The molecule has 2 rings (SSSR count). The lowest BCUT2D eigenvalue weighted by atomic mass is 10.4. The molecule has 0 aliphatic carbocycles. The molecule has 0 bridgehead atoms.